The lowest BCUT2D eigenvalue weighted by atomic mass is 9.89. The zero-order valence-electron chi connectivity index (χ0n) is 32.5. The maximum Gasteiger partial charge on any atom is 0.341 e. The standard InChI is InChI=1S/C43H48N6O7/c1-6-7-8-12-46-38-18-27(17-28(47-38)22-49-21-26-11-13-45-31(26)23-49)30-15-25(16-37(44)48-30)9-10-35-43(5,56-35)41(52)54-36-19-29-33(55-42(36,3)4)20-34-39(40(29)51)32(50)14-24(2)53-34/h11,13-18,20,23,35-36,51H,6-10,12,19,21-22H2,1-5H3,(H2,44,48)(H,46,47)/p+1. The second kappa shape index (κ2) is 14.5. The molecular formula is C43H49N6O7+. The van der Waals surface area contributed by atoms with Crippen molar-refractivity contribution in [2.75, 3.05) is 24.1 Å². The molecule has 0 radical (unpaired) electrons. The number of nitrogens with zero attached hydrogens (tertiary/aromatic N) is 3. The van der Waals surface area contributed by atoms with Crippen LogP contribution in [0.15, 0.2) is 74.1 Å². The van der Waals surface area contributed by atoms with E-state index in [-0.39, 0.29) is 34.7 Å². The number of nitrogens with one attached hydrogen (secondary N) is 2. The number of nitrogens with two attached hydrogens (primary N) is 1. The first kappa shape index (κ1) is 37.4. The van der Waals surface area contributed by atoms with Crippen LogP contribution >= 0.6 is 0 Å². The molecule has 3 aromatic heterocycles. The number of aliphatic imine (C=N–C) groups is 1. The van der Waals surface area contributed by atoms with Crippen molar-refractivity contribution in [3.63, 3.8) is 0 Å². The number of allylic oxidation sites excluding steroid dienone is 1. The monoisotopic (exact) mass is 761 g/mol. The predicted octanol–water partition coefficient (Wildman–Crippen LogP) is 5.11. The number of phenols is 1. The summed E-state index contributed by atoms with van der Waals surface area (Å²) in [5.41, 5.74) is 10.5. The molecule has 4 aliphatic heterocycles. The third-order valence-electron chi connectivity index (χ3n) is 11.2. The molecule has 4 aliphatic rings. The zero-order valence-corrected chi connectivity index (χ0v) is 32.5. The number of esters is 1. The summed E-state index contributed by atoms with van der Waals surface area (Å²) < 4.78 is 24.0. The molecule has 1 saturated heterocycles. The molecule has 4 aromatic rings. The Morgan fingerprint density at radius 3 is 2.77 bits per heavy atom. The summed E-state index contributed by atoms with van der Waals surface area (Å²) in [5.74, 6) is 1.28. The maximum atomic E-state index is 13.7. The highest BCUT2D eigenvalue weighted by Crippen LogP contribution is 2.45. The summed E-state index contributed by atoms with van der Waals surface area (Å²) >= 11 is 0. The number of quaternary nitrogens is 1. The van der Waals surface area contributed by atoms with E-state index in [4.69, 9.17) is 34.3 Å². The van der Waals surface area contributed by atoms with E-state index in [0.717, 1.165) is 66.4 Å². The van der Waals surface area contributed by atoms with E-state index >= 15 is 0 Å². The Kier molecular flexibility index (Phi) is 9.70. The molecule has 56 heavy (non-hydrogen) atoms. The number of aromatic nitrogens is 2. The van der Waals surface area contributed by atoms with Gasteiger partial charge in [-0.05, 0) is 82.9 Å². The summed E-state index contributed by atoms with van der Waals surface area (Å²) in [6.07, 6.45) is 9.62. The molecule has 0 amide bonds. The fourth-order valence-corrected chi connectivity index (χ4v) is 7.91. The van der Waals surface area contributed by atoms with Gasteiger partial charge in [0.2, 0.25) is 0 Å². The smallest absolute Gasteiger partial charge is 0.341 e. The van der Waals surface area contributed by atoms with Crippen molar-refractivity contribution in [1.29, 1.82) is 0 Å². The Balaban J connectivity index is 0.948. The number of benzene rings is 1. The Morgan fingerprint density at radius 2 is 1.96 bits per heavy atom. The summed E-state index contributed by atoms with van der Waals surface area (Å²) in [7, 11) is 0. The molecule has 0 aliphatic carbocycles. The predicted molar refractivity (Wildman–Crippen MR) is 213 cm³/mol. The Morgan fingerprint density at radius 1 is 1.12 bits per heavy atom. The van der Waals surface area contributed by atoms with Crippen molar-refractivity contribution in [3.05, 3.63) is 92.7 Å². The minimum absolute atomic E-state index is 0.0700. The van der Waals surface area contributed by atoms with Gasteiger partial charge in [0, 0.05) is 48.0 Å². The van der Waals surface area contributed by atoms with Crippen molar-refractivity contribution in [1.82, 2.24) is 9.97 Å². The number of carbonyl (C=O) groups excluding carboxylic acids is 1. The van der Waals surface area contributed by atoms with E-state index in [1.54, 1.807) is 19.9 Å². The average Bonchev–Trinajstić information content (AvgIpc) is 3.38. The van der Waals surface area contributed by atoms with E-state index in [2.05, 4.69) is 35.6 Å². The lowest BCUT2D eigenvalue weighted by Gasteiger charge is -2.39. The van der Waals surface area contributed by atoms with E-state index in [0.29, 0.717) is 42.3 Å². The first-order valence-corrected chi connectivity index (χ1v) is 19.5. The number of phenolic OH excluding ortho intramolecular Hbond substituents is 1. The number of carbonyl (C=O) groups is 1. The summed E-state index contributed by atoms with van der Waals surface area (Å²) in [6.45, 7) is 11.7. The number of pyridine rings is 2. The molecule has 292 valence electrons. The van der Waals surface area contributed by atoms with Crippen molar-refractivity contribution in [2.24, 2.45) is 4.99 Å². The maximum absolute atomic E-state index is 13.7. The van der Waals surface area contributed by atoms with Crippen LogP contribution in [0.3, 0.4) is 0 Å². The molecule has 0 saturated carbocycles. The minimum atomic E-state index is -1.15. The second-order valence-corrected chi connectivity index (χ2v) is 16.0. The van der Waals surface area contributed by atoms with Gasteiger partial charge in [-0.1, -0.05) is 19.8 Å². The minimum Gasteiger partial charge on any atom is -0.507 e. The van der Waals surface area contributed by atoms with Gasteiger partial charge in [-0.3, -0.25) is 14.7 Å². The average molecular weight is 762 g/mol. The van der Waals surface area contributed by atoms with E-state index in [1.165, 1.54) is 16.5 Å². The molecule has 4 unspecified atom stereocenters. The molecule has 1 aromatic carbocycles. The molecule has 5 N–H and O–H groups in total. The molecule has 1 fully saturated rings. The fourth-order valence-electron chi connectivity index (χ4n) is 7.91. The molecule has 7 heterocycles. The number of hydrogen-bond donors (Lipinski definition) is 4. The number of anilines is 2. The van der Waals surface area contributed by atoms with E-state index in [9.17, 15) is 14.7 Å². The Hall–Kier alpha value is -5.53. The quantitative estimate of drug-likeness (QED) is 0.0808. The van der Waals surface area contributed by atoms with Crippen molar-refractivity contribution < 1.29 is 33.4 Å². The van der Waals surface area contributed by atoms with Crippen LogP contribution in [0.1, 0.15) is 76.0 Å². The van der Waals surface area contributed by atoms with Crippen molar-refractivity contribution >= 4 is 34.8 Å². The third kappa shape index (κ3) is 7.40. The van der Waals surface area contributed by atoms with Gasteiger partial charge in [0.1, 0.15) is 76.6 Å². The van der Waals surface area contributed by atoms with Crippen LogP contribution in [0, 0.1) is 6.92 Å². The van der Waals surface area contributed by atoms with Crippen molar-refractivity contribution in [3.8, 4) is 22.8 Å². The van der Waals surface area contributed by atoms with Gasteiger partial charge < -0.3 is 34.8 Å². The molecule has 13 heteroatoms. The number of nitrogen functional groups attached to an aromatic ring is 1. The first-order chi connectivity index (χ1) is 26.8. The SMILES string of the molecule is CCCCCNc1cc(-c2cc(CCC3OC3(C)C(=O)OC3Cc4c(cc5oc(C)cc(=O)c5c4O)OC3(C)C)cc(N)n2)cc(C[NH+]2C=C3N=CC=C3C2)n1. The highest BCUT2D eigenvalue weighted by Gasteiger charge is 2.60. The normalized spacial score (nSPS) is 22.9. The number of hydrogen-bond acceptors (Lipinski definition) is 12. The van der Waals surface area contributed by atoms with Crippen LogP contribution in [-0.4, -0.2) is 63.8 Å². The van der Waals surface area contributed by atoms with Gasteiger partial charge in [-0.15, -0.1) is 0 Å². The van der Waals surface area contributed by atoms with Gasteiger partial charge in [0.05, 0.1) is 17.5 Å². The fraction of sp³-hybridized carbons (Fsp3) is 0.419. The highest BCUT2D eigenvalue weighted by atomic mass is 16.7. The first-order valence-electron chi connectivity index (χ1n) is 19.5. The van der Waals surface area contributed by atoms with Crippen LogP contribution < -0.4 is 26.1 Å². The lowest BCUT2D eigenvalue weighted by Crippen LogP contribution is -3.04. The molecule has 8 rings (SSSR count). The van der Waals surface area contributed by atoms with Gasteiger partial charge in [-0.2, -0.15) is 0 Å². The molecule has 13 nitrogen and oxygen atoms in total. The van der Waals surface area contributed by atoms with E-state index < -0.39 is 23.3 Å². The number of unbranched alkanes of at least 4 members (excludes halogenated alkanes) is 2. The summed E-state index contributed by atoms with van der Waals surface area (Å²) in [4.78, 5) is 41.8. The summed E-state index contributed by atoms with van der Waals surface area (Å²) in [5, 5.41) is 14.7. The highest BCUT2D eigenvalue weighted by molar-refractivity contribution is 5.87. The van der Waals surface area contributed by atoms with Crippen LogP contribution in [0.25, 0.3) is 22.2 Å². The molecule has 0 bridgehead atoms. The van der Waals surface area contributed by atoms with Crippen molar-refractivity contribution in [2.45, 2.75) is 103 Å². The number of rotatable bonds is 13. The Bertz CT molecular complexity index is 2380. The number of epoxide rings is 1. The van der Waals surface area contributed by atoms with Gasteiger partial charge in [0.15, 0.2) is 11.0 Å². The molecular weight excluding hydrogens is 713 g/mol. The van der Waals surface area contributed by atoms with Gasteiger partial charge >= 0.3 is 5.97 Å². The third-order valence-corrected chi connectivity index (χ3v) is 11.2. The largest absolute Gasteiger partial charge is 0.507 e. The van der Waals surface area contributed by atoms with Crippen LogP contribution in [0.5, 0.6) is 11.5 Å². The van der Waals surface area contributed by atoms with Crippen LogP contribution in [-0.2, 0) is 33.7 Å². The zero-order chi connectivity index (χ0) is 39.4. The van der Waals surface area contributed by atoms with Crippen LogP contribution in [0.2, 0.25) is 0 Å². The van der Waals surface area contributed by atoms with Crippen LogP contribution in [0.4, 0.5) is 11.6 Å². The summed E-state index contributed by atoms with van der Waals surface area (Å²) in [6, 6.07) is 11.0. The Labute approximate surface area is 325 Å². The topological polar surface area (TPSA) is 179 Å². The lowest BCUT2D eigenvalue weighted by molar-refractivity contribution is -0.852. The molecule has 4 atom stereocenters. The number of aryl methyl sites for hydroxylation is 2. The van der Waals surface area contributed by atoms with E-state index in [1.807, 2.05) is 38.3 Å². The molecule has 0 spiro atoms. The van der Waals surface area contributed by atoms with Gasteiger partial charge in [0.25, 0.3) is 0 Å². The second-order valence-electron chi connectivity index (χ2n) is 16.0. The number of ether oxygens (including phenoxy) is 3. The number of fused-ring (bicyclic) bond motifs is 3. The number of aromatic hydroxyl groups is 1. The van der Waals surface area contributed by atoms with Gasteiger partial charge in [-0.25, -0.2) is 14.8 Å².